The number of hydrogen-bond donors (Lipinski definition) is 1. The number of amides is 1. The van der Waals surface area contributed by atoms with Crippen LogP contribution in [0.25, 0.3) is 16.6 Å². The highest BCUT2D eigenvalue weighted by Crippen LogP contribution is 2.14. The number of aromatic nitrogens is 3. The molecule has 0 aliphatic carbocycles. The minimum absolute atomic E-state index is 0.182. The van der Waals surface area contributed by atoms with E-state index in [1.807, 2.05) is 36.5 Å². The molecule has 5 nitrogen and oxygen atoms in total. The maximum atomic E-state index is 14.2. The molecule has 4 rings (SSSR count). The van der Waals surface area contributed by atoms with Crippen LogP contribution in [-0.4, -0.2) is 26.4 Å². The zero-order chi connectivity index (χ0) is 16.5. The van der Waals surface area contributed by atoms with Crippen molar-refractivity contribution in [1.82, 2.24) is 19.3 Å². The van der Waals surface area contributed by atoms with Crippen molar-refractivity contribution in [3.05, 3.63) is 72.6 Å². The molecule has 0 atom stereocenters. The summed E-state index contributed by atoms with van der Waals surface area (Å²) < 4.78 is 17.5. The van der Waals surface area contributed by atoms with Gasteiger partial charge in [-0.05, 0) is 29.7 Å². The minimum atomic E-state index is -0.644. The van der Waals surface area contributed by atoms with Crippen LogP contribution in [0.3, 0.4) is 0 Å². The fourth-order valence-corrected chi connectivity index (χ4v) is 2.82. The number of nitrogens with zero attached hydrogens (tertiary/aromatic N) is 3. The van der Waals surface area contributed by atoms with E-state index < -0.39 is 11.9 Å². The first-order valence-electron chi connectivity index (χ1n) is 7.69. The SMILES string of the molecule is O=C(NCCn1ccc2ccccc21)c1nc2ccccn2c1F. The predicted octanol–water partition coefficient (Wildman–Crippen LogP) is 2.86. The van der Waals surface area contributed by atoms with E-state index in [4.69, 9.17) is 0 Å². The van der Waals surface area contributed by atoms with E-state index in [-0.39, 0.29) is 5.69 Å². The van der Waals surface area contributed by atoms with Gasteiger partial charge in [-0.1, -0.05) is 24.3 Å². The van der Waals surface area contributed by atoms with Crippen LogP contribution in [0.5, 0.6) is 0 Å². The molecule has 1 N–H and O–H groups in total. The molecule has 0 spiro atoms. The average molecular weight is 322 g/mol. The molecule has 0 saturated heterocycles. The normalized spacial score (nSPS) is 11.2. The van der Waals surface area contributed by atoms with Gasteiger partial charge in [0.05, 0.1) is 0 Å². The standard InChI is InChI=1S/C18H15FN4O/c19-17-16(21-15-7-3-4-10-23(15)17)18(24)20-9-12-22-11-8-13-5-1-2-6-14(13)22/h1-8,10-11H,9,12H2,(H,20,24). The van der Waals surface area contributed by atoms with Crippen molar-refractivity contribution in [3.8, 4) is 0 Å². The Morgan fingerprint density at radius 1 is 1.08 bits per heavy atom. The second-order valence-corrected chi connectivity index (χ2v) is 5.50. The Balaban J connectivity index is 1.47. The summed E-state index contributed by atoms with van der Waals surface area (Å²) >= 11 is 0. The summed E-state index contributed by atoms with van der Waals surface area (Å²) in [6.45, 7) is 0.999. The largest absolute Gasteiger partial charge is 0.349 e. The number of para-hydroxylation sites is 1. The second-order valence-electron chi connectivity index (χ2n) is 5.50. The molecule has 6 heteroatoms. The highest BCUT2D eigenvalue weighted by atomic mass is 19.1. The van der Waals surface area contributed by atoms with Crippen molar-refractivity contribution in [3.63, 3.8) is 0 Å². The maximum Gasteiger partial charge on any atom is 0.274 e. The first-order chi connectivity index (χ1) is 11.7. The van der Waals surface area contributed by atoms with E-state index in [0.29, 0.717) is 18.7 Å². The second kappa shape index (κ2) is 5.81. The van der Waals surface area contributed by atoms with Crippen LogP contribution in [0.1, 0.15) is 10.5 Å². The van der Waals surface area contributed by atoms with Crippen LogP contribution in [0, 0.1) is 5.95 Å². The molecule has 0 aliphatic heterocycles. The fourth-order valence-electron chi connectivity index (χ4n) is 2.82. The highest BCUT2D eigenvalue weighted by molar-refractivity contribution is 5.93. The van der Waals surface area contributed by atoms with Crippen molar-refractivity contribution in [2.45, 2.75) is 6.54 Å². The van der Waals surface area contributed by atoms with E-state index in [0.717, 1.165) is 10.9 Å². The summed E-state index contributed by atoms with van der Waals surface area (Å²) in [6, 6.07) is 15.2. The molecule has 0 radical (unpaired) electrons. The summed E-state index contributed by atoms with van der Waals surface area (Å²) in [5, 5.41) is 3.88. The molecular formula is C18H15FN4O. The zero-order valence-electron chi connectivity index (χ0n) is 12.8. The smallest absolute Gasteiger partial charge is 0.274 e. The van der Waals surface area contributed by atoms with E-state index in [1.165, 1.54) is 4.40 Å². The molecule has 1 aromatic carbocycles. The molecule has 3 heterocycles. The van der Waals surface area contributed by atoms with Crippen molar-refractivity contribution >= 4 is 22.5 Å². The van der Waals surface area contributed by atoms with Crippen LogP contribution in [0.15, 0.2) is 60.9 Å². The molecule has 4 aromatic rings. The summed E-state index contributed by atoms with van der Waals surface area (Å²) in [5.41, 5.74) is 1.33. The Morgan fingerprint density at radius 3 is 2.79 bits per heavy atom. The summed E-state index contributed by atoms with van der Waals surface area (Å²) in [7, 11) is 0. The van der Waals surface area contributed by atoms with E-state index in [2.05, 4.69) is 14.9 Å². The first kappa shape index (κ1) is 14.4. The third-order valence-electron chi connectivity index (χ3n) is 4.01. The lowest BCUT2D eigenvalue weighted by atomic mass is 10.2. The number of fused-ring (bicyclic) bond motifs is 2. The summed E-state index contributed by atoms with van der Waals surface area (Å²) in [5.74, 6) is -1.15. The van der Waals surface area contributed by atoms with Gasteiger partial charge in [0.2, 0.25) is 5.95 Å². The minimum Gasteiger partial charge on any atom is -0.349 e. The van der Waals surface area contributed by atoms with Crippen molar-refractivity contribution in [1.29, 1.82) is 0 Å². The monoisotopic (exact) mass is 322 g/mol. The number of benzene rings is 1. The maximum absolute atomic E-state index is 14.2. The van der Waals surface area contributed by atoms with Crippen LogP contribution >= 0.6 is 0 Å². The number of carbonyl (C=O) groups excluding carboxylic acids is 1. The van der Waals surface area contributed by atoms with E-state index >= 15 is 0 Å². The van der Waals surface area contributed by atoms with Gasteiger partial charge >= 0.3 is 0 Å². The van der Waals surface area contributed by atoms with Crippen molar-refractivity contribution < 1.29 is 9.18 Å². The molecule has 1 amide bonds. The summed E-state index contributed by atoms with van der Waals surface area (Å²) in [4.78, 5) is 16.2. The van der Waals surface area contributed by atoms with Gasteiger partial charge < -0.3 is 9.88 Å². The van der Waals surface area contributed by atoms with E-state index in [1.54, 1.807) is 24.4 Å². The lowest BCUT2D eigenvalue weighted by molar-refractivity contribution is 0.0943. The van der Waals surface area contributed by atoms with Crippen LogP contribution < -0.4 is 5.32 Å². The molecule has 24 heavy (non-hydrogen) atoms. The zero-order valence-corrected chi connectivity index (χ0v) is 12.8. The Bertz CT molecular complexity index is 1030. The third-order valence-corrected chi connectivity index (χ3v) is 4.01. The Kier molecular flexibility index (Phi) is 3.49. The van der Waals surface area contributed by atoms with Crippen molar-refractivity contribution in [2.75, 3.05) is 6.54 Å². The Morgan fingerprint density at radius 2 is 1.92 bits per heavy atom. The lowest BCUT2D eigenvalue weighted by Gasteiger charge is -2.06. The number of nitrogens with one attached hydrogen (secondary N) is 1. The van der Waals surface area contributed by atoms with Gasteiger partial charge in [-0.25, -0.2) is 4.98 Å². The van der Waals surface area contributed by atoms with Crippen LogP contribution in [0.4, 0.5) is 4.39 Å². The molecule has 120 valence electrons. The number of hydrogen-bond acceptors (Lipinski definition) is 2. The van der Waals surface area contributed by atoms with Gasteiger partial charge in [0.15, 0.2) is 5.69 Å². The molecule has 0 aliphatic rings. The number of imidazole rings is 1. The van der Waals surface area contributed by atoms with Gasteiger partial charge in [0.25, 0.3) is 5.91 Å². The molecule has 3 aromatic heterocycles. The number of rotatable bonds is 4. The van der Waals surface area contributed by atoms with Gasteiger partial charge in [0.1, 0.15) is 5.65 Å². The highest BCUT2D eigenvalue weighted by Gasteiger charge is 2.18. The van der Waals surface area contributed by atoms with Crippen molar-refractivity contribution in [2.24, 2.45) is 0 Å². The Labute approximate surface area is 137 Å². The average Bonchev–Trinajstić information content (AvgIpc) is 3.17. The topological polar surface area (TPSA) is 51.3 Å². The van der Waals surface area contributed by atoms with Gasteiger partial charge in [-0.15, -0.1) is 0 Å². The molecule has 0 bridgehead atoms. The lowest BCUT2D eigenvalue weighted by Crippen LogP contribution is -2.28. The molecular weight excluding hydrogens is 307 g/mol. The molecule has 0 saturated carbocycles. The quantitative estimate of drug-likeness (QED) is 0.628. The van der Waals surface area contributed by atoms with E-state index in [9.17, 15) is 9.18 Å². The number of pyridine rings is 1. The number of halogens is 1. The summed E-state index contributed by atoms with van der Waals surface area (Å²) in [6.07, 6.45) is 3.52. The number of carbonyl (C=O) groups is 1. The third kappa shape index (κ3) is 2.42. The van der Waals surface area contributed by atoms with Gasteiger partial charge in [-0.2, -0.15) is 4.39 Å². The molecule has 0 unspecified atom stereocenters. The van der Waals surface area contributed by atoms with Crippen LogP contribution in [-0.2, 0) is 6.54 Å². The Hall–Kier alpha value is -3.15. The van der Waals surface area contributed by atoms with Gasteiger partial charge in [0, 0.05) is 31.0 Å². The first-order valence-corrected chi connectivity index (χ1v) is 7.69. The predicted molar refractivity (Wildman–Crippen MR) is 89.4 cm³/mol. The van der Waals surface area contributed by atoms with Crippen LogP contribution in [0.2, 0.25) is 0 Å². The van der Waals surface area contributed by atoms with Gasteiger partial charge in [-0.3, -0.25) is 9.20 Å². The fraction of sp³-hybridized carbons (Fsp3) is 0.111. The molecule has 0 fully saturated rings.